The van der Waals surface area contributed by atoms with Crippen LogP contribution in [0.15, 0.2) is 34.1 Å². The van der Waals surface area contributed by atoms with Gasteiger partial charge < -0.3 is 4.90 Å². The largest absolute Gasteiger partial charge is 0.338 e. The van der Waals surface area contributed by atoms with Gasteiger partial charge in [-0.05, 0) is 53.7 Å². The van der Waals surface area contributed by atoms with E-state index in [4.69, 9.17) is 0 Å². The zero-order chi connectivity index (χ0) is 17.9. The second-order valence-corrected chi connectivity index (χ2v) is 7.67. The Morgan fingerprint density at radius 1 is 1.25 bits per heavy atom. The van der Waals surface area contributed by atoms with Gasteiger partial charge in [0.15, 0.2) is 11.6 Å². The number of halogens is 3. The maximum Gasteiger partial charge on any atom is 0.236 e. The van der Waals surface area contributed by atoms with Gasteiger partial charge in [0.25, 0.3) is 0 Å². The Labute approximate surface area is 153 Å². The highest BCUT2D eigenvalue weighted by molar-refractivity contribution is 9.10. The number of hydrogen-bond acceptors (Lipinski definition) is 3. The Hall–Kier alpha value is -1.31. The third kappa shape index (κ3) is 4.84. The minimum atomic E-state index is -0.902. The van der Waals surface area contributed by atoms with Crippen LogP contribution in [-0.2, 0) is 11.3 Å². The Bertz CT molecular complexity index is 722. The number of thiophene rings is 1. The van der Waals surface area contributed by atoms with Gasteiger partial charge in [0.05, 0.1) is 12.6 Å². The molecule has 0 saturated heterocycles. The van der Waals surface area contributed by atoms with Crippen molar-refractivity contribution in [2.24, 2.45) is 0 Å². The quantitative estimate of drug-likeness (QED) is 0.694. The maximum absolute atomic E-state index is 13.4. The predicted molar refractivity (Wildman–Crippen MR) is 95.9 cm³/mol. The van der Waals surface area contributed by atoms with Crippen LogP contribution in [0.2, 0.25) is 0 Å². The van der Waals surface area contributed by atoms with Crippen molar-refractivity contribution in [1.82, 2.24) is 9.80 Å². The molecule has 1 heterocycles. The monoisotopic (exact) mass is 416 g/mol. The molecule has 1 aromatic carbocycles. The number of nitrogens with zero attached hydrogens (tertiary/aromatic N) is 2. The van der Waals surface area contributed by atoms with Crippen molar-refractivity contribution in [2.45, 2.75) is 19.5 Å². The van der Waals surface area contributed by atoms with E-state index >= 15 is 0 Å². The summed E-state index contributed by atoms with van der Waals surface area (Å²) in [6, 6.07) is 5.41. The number of likely N-dealkylation sites (N-methyl/N-ethyl adjacent to an activating group) is 2. The zero-order valence-corrected chi connectivity index (χ0v) is 16.1. The molecule has 24 heavy (non-hydrogen) atoms. The summed E-state index contributed by atoms with van der Waals surface area (Å²) in [5.74, 6) is -1.87. The van der Waals surface area contributed by atoms with Crippen LogP contribution >= 0.6 is 27.3 Å². The van der Waals surface area contributed by atoms with E-state index in [1.54, 1.807) is 30.2 Å². The van der Waals surface area contributed by atoms with E-state index < -0.39 is 11.6 Å². The molecule has 0 aliphatic rings. The normalized spacial score (nSPS) is 12.5. The summed E-state index contributed by atoms with van der Waals surface area (Å²) in [5.41, 5.74) is 0.564. The molecular formula is C17H19BrF2N2OS. The predicted octanol–water partition coefficient (Wildman–Crippen LogP) is 4.44. The van der Waals surface area contributed by atoms with Crippen molar-refractivity contribution in [3.63, 3.8) is 0 Å². The molecule has 0 spiro atoms. The van der Waals surface area contributed by atoms with Crippen LogP contribution in [0.5, 0.6) is 0 Å². The van der Waals surface area contributed by atoms with Gasteiger partial charge >= 0.3 is 0 Å². The highest BCUT2D eigenvalue weighted by atomic mass is 79.9. The van der Waals surface area contributed by atoms with E-state index in [0.29, 0.717) is 12.1 Å². The van der Waals surface area contributed by atoms with Gasteiger partial charge in [0.2, 0.25) is 5.91 Å². The molecule has 1 aromatic heterocycles. The van der Waals surface area contributed by atoms with Gasteiger partial charge in [-0.1, -0.05) is 6.07 Å². The minimum Gasteiger partial charge on any atom is -0.338 e. The molecule has 1 amide bonds. The molecule has 0 aliphatic heterocycles. The molecule has 2 aromatic rings. The van der Waals surface area contributed by atoms with Gasteiger partial charge in [-0.15, -0.1) is 11.3 Å². The molecule has 0 radical (unpaired) electrons. The number of carbonyl (C=O) groups excluding carboxylic acids is 1. The van der Waals surface area contributed by atoms with Gasteiger partial charge in [-0.25, -0.2) is 8.78 Å². The maximum atomic E-state index is 13.4. The Balaban J connectivity index is 1.96. The van der Waals surface area contributed by atoms with Crippen molar-refractivity contribution in [2.75, 3.05) is 20.6 Å². The molecule has 7 heteroatoms. The second kappa shape index (κ2) is 8.18. The molecular weight excluding hydrogens is 398 g/mol. The molecule has 1 unspecified atom stereocenters. The van der Waals surface area contributed by atoms with Crippen molar-refractivity contribution < 1.29 is 13.6 Å². The van der Waals surface area contributed by atoms with Crippen LogP contribution in [0, 0.1) is 11.6 Å². The lowest BCUT2D eigenvalue weighted by atomic mass is 10.1. The van der Waals surface area contributed by atoms with Crippen molar-refractivity contribution >= 4 is 33.2 Å². The lowest BCUT2D eigenvalue weighted by molar-refractivity contribution is -0.132. The highest BCUT2D eigenvalue weighted by Gasteiger charge is 2.20. The van der Waals surface area contributed by atoms with Crippen molar-refractivity contribution in [3.05, 3.63) is 56.2 Å². The average Bonchev–Trinajstić information content (AvgIpc) is 2.93. The van der Waals surface area contributed by atoms with Crippen LogP contribution in [0.3, 0.4) is 0 Å². The van der Waals surface area contributed by atoms with Crippen molar-refractivity contribution in [1.29, 1.82) is 0 Å². The third-order valence-corrected chi connectivity index (χ3v) is 5.54. The average molecular weight is 417 g/mol. The fourth-order valence-electron chi connectivity index (χ4n) is 2.31. The zero-order valence-electron chi connectivity index (χ0n) is 13.7. The van der Waals surface area contributed by atoms with Crippen LogP contribution in [-0.4, -0.2) is 36.3 Å². The summed E-state index contributed by atoms with van der Waals surface area (Å²) in [7, 11) is 3.55. The molecule has 0 fully saturated rings. The topological polar surface area (TPSA) is 23.6 Å². The molecule has 0 saturated carbocycles. The number of carbonyl (C=O) groups is 1. The Kier molecular flexibility index (Phi) is 6.48. The molecule has 0 aliphatic carbocycles. The van der Waals surface area contributed by atoms with Crippen molar-refractivity contribution in [3.8, 4) is 0 Å². The first-order chi connectivity index (χ1) is 11.3. The van der Waals surface area contributed by atoms with Gasteiger partial charge in [0, 0.05) is 28.3 Å². The summed E-state index contributed by atoms with van der Waals surface area (Å²) in [6.45, 7) is 2.72. The van der Waals surface area contributed by atoms with Crippen LogP contribution < -0.4 is 0 Å². The first kappa shape index (κ1) is 19.0. The van der Waals surface area contributed by atoms with E-state index in [2.05, 4.69) is 15.9 Å². The summed E-state index contributed by atoms with van der Waals surface area (Å²) in [6.07, 6.45) is 0. The van der Waals surface area contributed by atoms with Crippen LogP contribution in [0.4, 0.5) is 8.78 Å². The first-order valence-electron chi connectivity index (χ1n) is 7.40. The lowest BCUT2D eigenvalue weighted by Crippen LogP contribution is -2.37. The summed E-state index contributed by atoms with van der Waals surface area (Å²) in [4.78, 5) is 17.1. The van der Waals surface area contributed by atoms with E-state index in [1.807, 2.05) is 23.4 Å². The summed E-state index contributed by atoms with van der Waals surface area (Å²) >= 11 is 5.04. The second-order valence-electron chi connectivity index (χ2n) is 5.76. The number of hydrogen-bond donors (Lipinski definition) is 0. The van der Waals surface area contributed by atoms with Gasteiger partial charge in [0.1, 0.15) is 0 Å². The van der Waals surface area contributed by atoms with E-state index in [1.165, 1.54) is 6.07 Å². The SMILES string of the molecule is CC(c1ccc(F)c(F)c1)N(C)C(=O)CN(C)Cc1cc(Br)cs1. The molecule has 1 atom stereocenters. The van der Waals surface area contributed by atoms with Gasteiger partial charge in [-0.2, -0.15) is 0 Å². The third-order valence-electron chi connectivity index (χ3n) is 3.85. The molecule has 0 bridgehead atoms. The fraction of sp³-hybridized carbons (Fsp3) is 0.353. The minimum absolute atomic E-state index is 0.0784. The molecule has 130 valence electrons. The summed E-state index contributed by atoms with van der Waals surface area (Å²) in [5, 5.41) is 2.00. The number of benzene rings is 1. The van der Waals surface area contributed by atoms with E-state index in [-0.39, 0.29) is 18.5 Å². The van der Waals surface area contributed by atoms with Crippen LogP contribution in [0.1, 0.15) is 23.4 Å². The number of amides is 1. The van der Waals surface area contributed by atoms with Gasteiger partial charge in [-0.3, -0.25) is 9.69 Å². The molecule has 2 rings (SSSR count). The molecule has 3 nitrogen and oxygen atoms in total. The summed E-state index contributed by atoms with van der Waals surface area (Å²) < 4.78 is 27.4. The standard InChI is InChI=1S/C17H19BrF2N2OS/c1-11(12-4-5-15(19)16(20)6-12)22(3)17(23)9-21(2)8-14-7-13(18)10-24-14/h4-7,10-11H,8-9H2,1-3H3. The highest BCUT2D eigenvalue weighted by Crippen LogP contribution is 2.22. The van der Waals surface area contributed by atoms with E-state index in [9.17, 15) is 13.6 Å². The first-order valence-corrected chi connectivity index (χ1v) is 9.07. The molecule has 0 N–H and O–H groups in total. The van der Waals surface area contributed by atoms with Crippen LogP contribution in [0.25, 0.3) is 0 Å². The Morgan fingerprint density at radius 3 is 2.54 bits per heavy atom. The smallest absolute Gasteiger partial charge is 0.236 e. The fourth-order valence-corrected chi connectivity index (χ4v) is 3.84. The Morgan fingerprint density at radius 2 is 1.96 bits per heavy atom. The lowest BCUT2D eigenvalue weighted by Gasteiger charge is -2.27. The number of rotatable bonds is 6. The van der Waals surface area contributed by atoms with E-state index in [0.717, 1.165) is 21.5 Å².